The molecule has 7 heteroatoms. The summed E-state index contributed by atoms with van der Waals surface area (Å²) in [4.78, 5) is 12.1. The van der Waals surface area contributed by atoms with E-state index < -0.39 is 10.0 Å². The van der Waals surface area contributed by atoms with Gasteiger partial charge >= 0.3 is 0 Å². The van der Waals surface area contributed by atoms with Gasteiger partial charge < -0.3 is 10.6 Å². The van der Waals surface area contributed by atoms with Crippen LogP contribution < -0.4 is 10.6 Å². The van der Waals surface area contributed by atoms with E-state index in [1.165, 1.54) is 26.2 Å². The van der Waals surface area contributed by atoms with Crippen LogP contribution in [-0.4, -0.2) is 39.3 Å². The summed E-state index contributed by atoms with van der Waals surface area (Å²) >= 11 is 0. The fourth-order valence-electron chi connectivity index (χ4n) is 2.00. The maximum atomic E-state index is 12.1. The number of nitrogens with one attached hydrogen (secondary N) is 2. The molecule has 0 bridgehead atoms. The average Bonchev–Trinajstić information content (AvgIpc) is 2.55. The van der Waals surface area contributed by atoms with E-state index in [1.807, 2.05) is 31.2 Å². The number of amides is 1. The summed E-state index contributed by atoms with van der Waals surface area (Å²) in [7, 11) is -0.545. The number of carbonyl (C=O) groups excluding carboxylic acids is 1. The van der Waals surface area contributed by atoms with Gasteiger partial charge in [0.2, 0.25) is 15.9 Å². The minimum absolute atomic E-state index is 0.0410. The minimum Gasteiger partial charge on any atom is -0.376 e. The molecular formula is C17H21N3O3S. The van der Waals surface area contributed by atoms with Crippen LogP contribution in [0.3, 0.4) is 0 Å². The number of carbonyl (C=O) groups is 1. The zero-order valence-electron chi connectivity index (χ0n) is 13.9. The summed E-state index contributed by atoms with van der Waals surface area (Å²) in [5.74, 6) is -0.209. The summed E-state index contributed by atoms with van der Waals surface area (Å²) < 4.78 is 25.4. The lowest BCUT2D eigenvalue weighted by Gasteiger charge is -2.13. The first-order valence-electron chi connectivity index (χ1n) is 7.42. The highest BCUT2D eigenvalue weighted by molar-refractivity contribution is 7.89. The molecule has 6 nitrogen and oxygen atoms in total. The maximum Gasteiger partial charge on any atom is 0.243 e. The molecule has 0 saturated carbocycles. The van der Waals surface area contributed by atoms with Crippen LogP contribution in [-0.2, 0) is 14.8 Å². The molecule has 0 aromatic heterocycles. The van der Waals surface area contributed by atoms with Gasteiger partial charge in [-0.25, -0.2) is 12.7 Å². The van der Waals surface area contributed by atoms with E-state index in [1.54, 1.807) is 12.1 Å². The van der Waals surface area contributed by atoms with Gasteiger partial charge in [0.05, 0.1) is 11.4 Å². The van der Waals surface area contributed by atoms with Gasteiger partial charge in [-0.15, -0.1) is 0 Å². The van der Waals surface area contributed by atoms with Crippen LogP contribution in [0, 0.1) is 6.92 Å². The third-order valence-corrected chi connectivity index (χ3v) is 5.21. The molecule has 128 valence electrons. The third-order valence-electron chi connectivity index (χ3n) is 3.40. The van der Waals surface area contributed by atoms with Crippen molar-refractivity contribution in [3.8, 4) is 0 Å². The van der Waals surface area contributed by atoms with E-state index in [0.29, 0.717) is 5.69 Å². The summed E-state index contributed by atoms with van der Waals surface area (Å²) in [5, 5.41) is 5.71. The highest BCUT2D eigenvalue weighted by atomic mass is 32.2. The molecule has 0 aliphatic heterocycles. The highest BCUT2D eigenvalue weighted by Gasteiger charge is 2.17. The van der Waals surface area contributed by atoms with Crippen molar-refractivity contribution >= 4 is 27.3 Å². The second-order valence-electron chi connectivity index (χ2n) is 5.58. The molecule has 0 radical (unpaired) electrons. The van der Waals surface area contributed by atoms with Crippen molar-refractivity contribution in [2.24, 2.45) is 0 Å². The van der Waals surface area contributed by atoms with E-state index in [0.717, 1.165) is 15.6 Å². The monoisotopic (exact) mass is 347 g/mol. The van der Waals surface area contributed by atoms with Gasteiger partial charge in [-0.2, -0.15) is 0 Å². The number of hydrogen-bond donors (Lipinski definition) is 2. The van der Waals surface area contributed by atoms with Crippen molar-refractivity contribution in [3.05, 3.63) is 54.1 Å². The lowest BCUT2D eigenvalue weighted by Crippen LogP contribution is -2.23. The Kier molecular flexibility index (Phi) is 5.58. The Bertz CT molecular complexity index is 815. The number of anilines is 2. The van der Waals surface area contributed by atoms with Gasteiger partial charge in [-0.3, -0.25) is 4.79 Å². The topological polar surface area (TPSA) is 78.5 Å². The van der Waals surface area contributed by atoms with Crippen molar-refractivity contribution in [1.29, 1.82) is 0 Å². The van der Waals surface area contributed by atoms with Crippen molar-refractivity contribution in [3.63, 3.8) is 0 Å². The van der Waals surface area contributed by atoms with Crippen molar-refractivity contribution in [2.45, 2.75) is 11.8 Å². The number of benzene rings is 2. The Hall–Kier alpha value is -2.38. The van der Waals surface area contributed by atoms with Gasteiger partial charge in [0.25, 0.3) is 0 Å². The molecular weight excluding hydrogens is 326 g/mol. The lowest BCUT2D eigenvalue weighted by atomic mass is 10.2. The number of hydrogen-bond acceptors (Lipinski definition) is 4. The standard InChI is InChI=1S/C17H21N3O3S/c1-13-7-9-14(10-8-13)19-17(21)12-18-15-5-4-6-16(11-15)24(22,23)20(2)3/h4-11,18H,12H2,1-3H3,(H,19,21). The first-order valence-corrected chi connectivity index (χ1v) is 8.86. The summed E-state index contributed by atoms with van der Waals surface area (Å²) in [6.07, 6.45) is 0. The Morgan fingerprint density at radius 2 is 1.71 bits per heavy atom. The average molecular weight is 347 g/mol. The summed E-state index contributed by atoms with van der Waals surface area (Å²) in [6.45, 7) is 2.02. The van der Waals surface area contributed by atoms with Gasteiger partial charge in [-0.05, 0) is 37.3 Å². The molecule has 0 atom stereocenters. The lowest BCUT2D eigenvalue weighted by molar-refractivity contribution is -0.114. The Balaban J connectivity index is 1.99. The predicted molar refractivity (Wildman–Crippen MR) is 95.6 cm³/mol. The molecule has 0 spiro atoms. The number of aryl methyl sites for hydroxylation is 1. The van der Waals surface area contributed by atoms with Crippen LogP contribution in [0.4, 0.5) is 11.4 Å². The smallest absolute Gasteiger partial charge is 0.243 e. The molecule has 0 aliphatic rings. The molecule has 0 saturated heterocycles. The van der Waals surface area contributed by atoms with Crippen molar-refractivity contribution in [1.82, 2.24) is 4.31 Å². The van der Waals surface area contributed by atoms with Crippen LogP contribution in [0.5, 0.6) is 0 Å². The molecule has 2 rings (SSSR count). The normalized spacial score (nSPS) is 11.3. The maximum absolute atomic E-state index is 12.1. The summed E-state index contributed by atoms with van der Waals surface area (Å²) in [5.41, 5.74) is 2.40. The number of sulfonamides is 1. The van der Waals surface area contributed by atoms with Crippen LogP contribution in [0.15, 0.2) is 53.4 Å². The van der Waals surface area contributed by atoms with E-state index in [-0.39, 0.29) is 17.3 Å². The Morgan fingerprint density at radius 1 is 1.04 bits per heavy atom. The van der Waals surface area contributed by atoms with Gasteiger partial charge in [0, 0.05) is 25.5 Å². The minimum atomic E-state index is -3.50. The fraction of sp³-hybridized carbons (Fsp3) is 0.235. The second kappa shape index (κ2) is 7.46. The van der Waals surface area contributed by atoms with Crippen LogP contribution in [0.1, 0.15) is 5.56 Å². The zero-order valence-corrected chi connectivity index (χ0v) is 14.7. The molecule has 0 heterocycles. The molecule has 2 N–H and O–H groups in total. The second-order valence-corrected chi connectivity index (χ2v) is 7.73. The quantitative estimate of drug-likeness (QED) is 0.840. The molecule has 2 aromatic rings. The summed E-state index contributed by atoms with van der Waals surface area (Å²) in [6, 6.07) is 13.9. The Morgan fingerprint density at radius 3 is 2.33 bits per heavy atom. The van der Waals surface area contributed by atoms with E-state index in [2.05, 4.69) is 10.6 Å². The number of rotatable bonds is 6. The van der Waals surface area contributed by atoms with Crippen molar-refractivity contribution in [2.75, 3.05) is 31.3 Å². The van der Waals surface area contributed by atoms with E-state index in [9.17, 15) is 13.2 Å². The SMILES string of the molecule is Cc1ccc(NC(=O)CNc2cccc(S(=O)(=O)N(C)C)c2)cc1. The van der Waals surface area contributed by atoms with Gasteiger partial charge in [-0.1, -0.05) is 23.8 Å². The third kappa shape index (κ3) is 4.56. The highest BCUT2D eigenvalue weighted by Crippen LogP contribution is 2.17. The molecule has 24 heavy (non-hydrogen) atoms. The molecule has 0 fully saturated rings. The Labute approximate surface area is 142 Å². The van der Waals surface area contributed by atoms with Crippen molar-refractivity contribution < 1.29 is 13.2 Å². The van der Waals surface area contributed by atoms with Gasteiger partial charge in [0.15, 0.2) is 0 Å². The molecule has 0 aliphatic carbocycles. The largest absolute Gasteiger partial charge is 0.376 e. The number of nitrogens with zero attached hydrogens (tertiary/aromatic N) is 1. The van der Waals surface area contributed by atoms with Gasteiger partial charge in [0.1, 0.15) is 0 Å². The fourth-order valence-corrected chi connectivity index (χ4v) is 2.95. The molecule has 2 aromatic carbocycles. The van der Waals surface area contributed by atoms with Crippen LogP contribution in [0.2, 0.25) is 0 Å². The first-order chi connectivity index (χ1) is 11.3. The predicted octanol–water partition coefficient (Wildman–Crippen LogP) is 2.30. The van der Waals surface area contributed by atoms with E-state index in [4.69, 9.17) is 0 Å². The molecule has 1 amide bonds. The van der Waals surface area contributed by atoms with E-state index >= 15 is 0 Å². The molecule has 0 unspecified atom stereocenters. The van der Waals surface area contributed by atoms with Crippen LogP contribution in [0.25, 0.3) is 0 Å². The van der Waals surface area contributed by atoms with Crippen LogP contribution >= 0.6 is 0 Å². The zero-order chi connectivity index (χ0) is 17.7. The first kappa shape index (κ1) is 18.0.